The van der Waals surface area contributed by atoms with Crippen molar-refractivity contribution in [1.82, 2.24) is 30.2 Å². The average Bonchev–Trinajstić information content (AvgIpc) is 3.84. The van der Waals surface area contributed by atoms with Crippen molar-refractivity contribution in [3.05, 3.63) is 73.4 Å². The number of phosphoric acid groups is 3. The Balaban J connectivity index is 1.31. The Morgan fingerprint density at radius 2 is 1.49 bits per heavy atom. The highest BCUT2D eigenvalue weighted by Crippen LogP contribution is 2.61. The summed E-state index contributed by atoms with van der Waals surface area (Å²) < 4.78 is 62.4. The number of rotatable bonds is 32. The molecule has 0 spiro atoms. The maximum absolute atomic E-state index is 12.7. The number of nitrogen functional groups attached to an aromatic ring is 1. The van der Waals surface area contributed by atoms with Gasteiger partial charge in [0, 0.05) is 37.1 Å². The van der Waals surface area contributed by atoms with Crippen LogP contribution in [0.3, 0.4) is 0 Å². The summed E-state index contributed by atoms with van der Waals surface area (Å²) in [7, 11) is -16.4. The predicted octanol–water partition coefficient (Wildman–Crippen LogP) is 4.59. The Labute approximate surface area is 404 Å². The predicted molar refractivity (Wildman–Crippen MR) is 255 cm³/mol. The summed E-state index contributed by atoms with van der Waals surface area (Å²) >= 11 is 1.11. The lowest BCUT2D eigenvalue weighted by molar-refractivity contribution is -0.137. The normalized spacial score (nSPS) is 20.4. The molecule has 3 rings (SSSR count). The molecule has 2 aromatic rings. The van der Waals surface area contributed by atoms with Gasteiger partial charge in [-0.3, -0.25) is 32.5 Å². The SMILES string of the molecule is CC/C=C\C/C=C\C/C=C\C/C=C\C/C=C\CCCC(=O)SCCNC(=O)CCNC(=O)[C@H](O)C(C)(C)COP(=O)(O)OP(=O)(O)OC[C@H]1O[C@@H](n2cnc3c(N)ncnc32)C(O)[C@H]1OP(=O)(O)O. The molecule has 0 radical (unpaired) electrons. The number of nitrogens with zero attached hydrogens (tertiary/aromatic N) is 4. The first-order chi connectivity index (χ1) is 32.6. The van der Waals surface area contributed by atoms with Crippen LogP contribution in [0, 0.1) is 5.41 Å². The number of nitrogens with one attached hydrogen (secondary N) is 2. The van der Waals surface area contributed by atoms with Crippen LogP contribution in [0.4, 0.5) is 5.82 Å². The molecule has 1 saturated heterocycles. The highest BCUT2D eigenvalue weighted by molar-refractivity contribution is 8.13. The standard InChI is InChI=1S/C41H64N7O17P3S/c1-4-5-6-7-8-9-10-11-12-13-14-15-16-17-18-19-20-21-32(50)69-25-24-43-31(49)22-23-44-39(53)36(52)41(2,3)27-62-68(59,60)65-67(57,58)61-26-30-35(64-66(54,55)56)34(51)40(63-30)48-29-47-33-37(42)45-28-46-38(33)48/h5-6,8-9,11-12,14-15,17-18,28-30,34-36,40,51-52H,4,7,10,13,16,19-27H2,1-3H3,(H,43,49)(H,44,53)(H,57,58)(H,59,60)(H2,42,45,46)(H2,54,55,56)/b6-5-,9-8-,12-11-,15-14-,18-17-/t30-,34?,35+,36+,40-/m1/s1. The second-order valence-corrected chi connectivity index (χ2v) is 21.3. The molecule has 3 unspecified atom stereocenters. The van der Waals surface area contributed by atoms with Gasteiger partial charge in [-0.1, -0.05) is 93.3 Å². The van der Waals surface area contributed by atoms with Crippen LogP contribution in [-0.4, -0.2) is 123 Å². The fourth-order valence-corrected chi connectivity index (χ4v) is 9.65. The highest BCUT2D eigenvalue weighted by atomic mass is 32.2. The maximum Gasteiger partial charge on any atom is 0.481 e. The number of fused-ring (bicyclic) bond motifs is 1. The lowest BCUT2D eigenvalue weighted by Crippen LogP contribution is -2.46. The Kier molecular flexibility index (Phi) is 25.5. The van der Waals surface area contributed by atoms with E-state index in [-0.39, 0.29) is 41.6 Å². The van der Waals surface area contributed by atoms with Crippen molar-refractivity contribution in [2.45, 2.75) is 109 Å². The number of aliphatic hydroxyl groups excluding tert-OH is 2. The Bertz CT molecular complexity index is 2270. The number of aromatic nitrogens is 4. The topological polar surface area (TPSA) is 364 Å². The Morgan fingerprint density at radius 1 is 0.884 bits per heavy atom. The average molecular weight is 1050 g/mol. The van der Waals surface area contributed by atoms with Gasteiger partial charge in [-0.05, 0) is 44.9 Å². The van der Waals surface area contributed by atoms with Crippen molar-refractivity contribution in [3.8, 4) is 0 Å². The summed E-state index contributed by atoms with van der Waals surface area (Å²) in [4.78, 5) is 88.3. The summed E-state index contributed by atoms with van der Waals surface area (Å²) in [5.74, 6) is -1.09. The zero-order valence-electron chi connectivity index (χ0n) is 38.5. The Morgan fingerprint density at radius 3 is 2.12 bits per heavy atom. The van der Waals surface area contributed by atoms with Crippen LogP contribution in [-0.2, 0) is 50.7 Å². The number of phosphoric ester groups is 3. The lowest BCUT2D eigenvalue weighted by Gasteiger charge is -2.30. The molecule has 1 aliphatic rings. The van der Waals surface area contributed by atoms with E-state index in [1.807, 2.05) is 0 Å². The Hall–Kier alpha value is -3.74. The molecular formula is C41H64N7O17P3S. The number of hydrogen-bond donors (Lipinski definition) is 9. The third-order valence-corrected chi connectivity index (χ3v) is 13.7. The zero-order valence-corrected chi connectivity index (χ0v) is 42.0. The molecule has 386 valence electrons. The number of thioether (sulfide) groups is 1. The van der Waals surface area contributed by atoms with Crippen molar-refractivity contribution in [2.24, 2.45) is 5.41 Å². The molecule has 2 amide bonds. The van der Waals surface area contributed by atoms with Crippen molar-refractivity contribution >= 4 is 69.1 Å². The van der Waals surface area contributed by atoms with Crippen LogP contribution < -0.4 is 16.4 Å². The summed E-state index contributed by atoms with van der Waals surface area (Å²) in [6.45, 7) is 2.62. The fourth-order valence-electron chi connectivity index (χ4n) is 6.10. The van der Waals surface area contributed by atoms with Gasteiger partial charge in [0.05, 0.1) is 19.5 Å². The van der Waals surface area contributed by atoms with Crippen LogP contribution in [0.1, 0.15) is 84.8 Å². The zero-order chi connectivity index (χ0) is 51.1. The number of amides is 2. The molecular weight excluding hydrogens is 987 g/mol. The quantitative estimate of drug-likeness (QED) is 0.0275. The first-order valence-corrected chi connectivity index (χ1v) is 27.4. The van der Waals surface area contributed by atoms with Gasteiger partial charge in [0.2, 0.25) is 11.8 Å². The van der Waals surface area contributed by atoms with E-state index in [2.05, 4.69) is 102 Å². The number of carbonyl (C=O) groups is 3. The summed E-state index contributed by atoms with van der Waals surface area (Å²) in [6.07, 6.45) is 20.9. The summed E-state index contributed by atoms with van der Waals surface area (Å²) in [6, 6.07) is 0. The summed E-state index contributed by atoms with van der Waals surface area (Å²) in [5.41, 5.74) is 4.27. The number of imidazole rings is 1. The van der Waals surface area contributed by atoms with E-state index < -0.39 is 84.6 Å². The van der Waals surface area contributed by atoms with E-state index in [9.17, 15) is 57.9 Å². The van der Waals surface area contributed by atoms with E-state index in [1.165, 1.54) is 13.8 Å². The van der Waals surface area contributed by atoms with Crippen LogP contribution in [0.25, 0.3) is 11.2 Å². The number of allylic oxidation sites excluding steroid dienone is 10. The van der Waals surface area contributed by atoms with E-state index in [4.69, 9.17) is 19.5 Å². The third kappa shape index (κ3) is 22.5. The highest BCUT2D eigenvalue weighted by Gasteiger charge is 2.50. The van der Waals surface area contributed by atoms with Crippen LogP contribution in [0.5, 0.6) is 0 Å². The largest absolute Gasteiger partial charge is 0.481 e. The van der Waals surface area contributed by atoms with E-state index in [0.717, 1.165) is 67.5 Å². The molecule has 2 aromatic heterocycles. The minimum absolute atomic E-state index is 0.00790. The van der Waals surface area contributed by atoms with Gasteiger partial charge in [-0.25, -0.2) is 28.6 Å². The number of aliphatic hydroxyl groups is 2. The molecule has 1 aliphatic heterocycles. The van der Waals surface area contributed by atoms with E-state index in [1.54, 1.807) is 0 Å². The molecule has 28 heteroatoms. The maximum atomic E-state index is 12.7. The van der Waals surface area contributed by atoms with Crippen LogP contribution in [0.15, 0.2) is 73.4 Å². The second-order valence-electron chi connectivity index (χ2n) is 15.9. The van der Waals surface area contributed by atoms with Crippen molar-refractivity contribution in [2.75, 3.05) is 37.8 Å². The number of anilines is 1. The van der Waals surface area contributed by atoms with Gasteiger partial charge in [0.25, 0.3) is 0 Å². The van der Waals surface area contributed by atoms with E-state index >= 15 is 0 Å². The molecule has 0 bridgehead atoms. The van der Waals surface area contributed by atoms with Crippen LogP contribution >= 0.6 is 35.2 Å². The molecule has 10 N–H and O–H groups in total. The van der Waals surface area contributed by atoms with Crippen molar-refractivity contribution < 1.29 is 80.5 Å². The lowest BCUT2D eigenvalue weighted by atomic mass is 9.87. The molecule has 0 aliphatic carbocycles. The van der Waals surface area contributed by atoms with Crippen molar-refractivity contribution in [1.29, 1.82) is 0 Å². The minimum atomic E-state index is -5.58. The molecule has 3 heterocycles. The fraction of sp³-hybridized carbons (Fsp3) is 0.561. The molecule has 0 aromatic carbocycles. The summed E-state index contributed by atoms with van der Waals surface area (Å²) in [5, 5.41) is 26.6. The molecule has 0 saturated carbocycles. The van der Waals surface area contributed by atoms with Gasteiger partial charge in [0.15, 0.2) is 22.8 Å². The monoisotopic (exact) mass is 1050 g/mol. The number of carbonyl (C=O) groups excluding carboxylic acids is 3. The third-order valence-electron chi connectivity index (χ3n) is 9.67. The smallest absolute Gasteiger partial charge is 0.386 e. The van der Waals surface area contributed by atoms with Gasteiger partial charge in [0.1, 0.15) is 36.3 Å². The first kappa shape index (κ1) is 59.6. The molecule has 24 nitrogen and oxygen atoms in total. The van der Waals surface area contributed by atoms with Gasteiger partial charge < -0.3 is 50.9 Å². The number of hydrogen-bond acceptors (Lipinski definition) is 18. The van der Waals surface area contributed by atoms with E-state index in [0.29, 0.717) is 18.6 Å². The van der Waals surface area contributed by atoms with Gasteiger partial charge in [-0.2, -0.15) is 4.31 Å². The van der Waals surface area contributed by atoms with Gasteiger partial charge in [-0.15, -0.1) is 0 Å². The molecule has 69 heavy (non-hydrogen) atoms. The van der Waals surface area contributed by atoms with Gasteiger partial charge >= 0.3 is 23.5 Å². The van der Waals surface area contributed by atoms with Crippen molar-refractivity contribution in [3.63, 3.8) is 0 Å². The van der Waals surface area contributed by atoms with Crippen LogP contribution in [0.2, 0.25) is 0 Å². The number of ether oxygens (including phenoxy) is 1. The second kappa shape index (κ2) is 29.6. The molecule has 7 atom stereocenters. The number of unbranched alkanes of at least 4 members (excludes halogenated alkanes) is 1. The molecule has 1 fully saturated rings. The first-order valence-electron chi connectivity index (χ1n) is 21.9. The number of nitrogens with two attached hydrogens (primary N) is 1. The minimum Gasteiger partial charge on any atom is -0.386 e.